The maximum atomic E-state index is 13.9. The molecular weight excluding hydrogens is 482 g/mol. The van der Waals surface area contributed by atoms with Crippen molar-refractivity contribution in [3.05, 3.63) is 70.7 Å². The molecular formula is C25H27N5O5S. The van der Waals surface area contributed by atoms with Crippen LogP contribution in [0.4, 0.5) is 11.4 Å². The number of carbonyl (C=O) groups excluding carboxylic acids is 3. The predicted octanol–water partition coefficient (Wildman–Crippen LogP) is 2.52. The summed E-state index contributed by atoms with van der Waals surface area (Å²) >= 11 is 0.761. The minimum Gasteiger partial charge on any atom is -0.497 e. The topological polar surface area (TPSA) is 150 Å². The molecule has 1 saturated heterocycles. The van der Waals surface area contributed by atoms with Crippen LogP contribution in [0.25, 0.3) is 0 Å². The largest absolute Gasteiger partial charge is 0.497 e. The van der Waals surface area contributed by atoms with Gasteiger partial charge in [0, 0.05) is 18.8 Å². The Kier molecular flexibility index (Phi) is 7.81. The Morgan fingerprint density at radius 2 is 1.92 bits per heavy atom. The van der Waals surface area contributed by atoms with E-state index in [1.165, 1.54) is 4.90 Å². The normalized spacial score (nSPS) is 15.8. The first-order valence-electron chi connectivity index (χ1n) is 11.4. The second-order valence-corrected chi connectivity index (χ2v) is 8.98. The van der Waals surface area contributed by atoms with Gasteiger partial charge in [0.15, 0.2) is 5.69 Å². The third kappa shape index (κ3) is 5.31. The summed E-state index contributed by atoms with van der Waals surface area (Å²) in [6, 6.07) is 14.6. The van der Waals surface area contributed by atoms with Crippen molar-refractivity contribution in [3.63, 3.8) is 0 Å². The summed E-state index contributed by atoms with van der Waals surface area (Å²) in [6.45, 7) is 0.973. The molecule has 5 N–H and O–H groups in total. The van der Waals surface area contributed by atoms with Crippen LogP contribution in [0.15, 0.2) is 54.6 Å². The average Bonchev–Trinajstić information content (AvgIpc) is 3.56. The number of nitrogens with one attached hydrogen (secondary N) is 1. The Hall–Kier alpha value is -3.96. The molecule has 0 aliphatic carbocycles. The van der Waals surface area contributed by atoms with Gasteiger partial charge in [-0.15, -0.1) is 0 Å². The fourth-order valence-corrected chi connectivity index (χ4v) is 4.77. The third-order valence-electron chi connectivity index (χ3n) is 5.87. The van der Waals surface area contributed by atoms with Crippen molar-refractivity contribution in [2.24, 2.45) is 5.73 Å². The van der Waals surface area contributed by atoms with E-state index in [1.807, 2.05) is 0 Å². The average molecular weight is 510 g/mol. The minimum atomic E-state index is -1.06. The fraction of sp³-hybridized carbons (Fsp3) is 0.280. The molecule has 0 spiro atoms. The highest BCUT2D eigenvalue weighted by Crippen LogP contribution is 2.33. The third-order valence-corrected chi connectivity index (χ3v) is 6.73. The maximum absolute atomic E-state index is 13.9. The van der Waals surface area contributed by atoms with Gasteiger partial charge < -0.3 is 26.3 Å². The number of rotatable bonds is 9. The summed E-state index contributed by atoms with van der Waals surface area (Å²) in [5.41, 5.74) is 12.1. The number of nitrogen functional groups attached to an aromatic ring is 1. The van der Waals surface area contributed by atoms with E-state index in [0.717, 1.165) is 24.4 Å². The minimum absolute atomic E-state index is 0.0121. The van der Waals surface area contributed by atoms with Crippen molar-refractivity contribution in [2.75, 3.05) is 30.9 Å². The Morgan fingerprint density at radius 1 is 1.19 bits per heavy atom. The Morgan fingerprint density at radius 3 is 2.50 bits per heavy atom. The van der Waals surface area contributed by atoms with E-state index in [1.54, 1.807) is 61.7 Å². The standard InChI is InChI=1S/C25H27N5O5S/c1-34-17-11-9-15(10-12-17)21(24(32)28-14-18-8-5-13-35-18)30(16-6-3-2-4-7-16)25(33)22-19(26)20(23(27)31)29-36-22/h2-4,6-7,9-12,18,21H,5,8,13-14,26H2,1H3,(H2,27,31)(H,28,32)/t18-,21-/m1/s1. The van der Waals surface area contributed by atoms with E-state index < -0.39 is 23.8 Å². The van der Waals surface area contributed by atoms with Gasteiger partial charge in [-0.25, -0.2) is 0 Å². The number of methoxy groups -OCH3 is 1. The molecule has 0 saturated carbocycles. The van der Waals surface area contributed by atoms with E-state index in [0.29, 0.717) is 30.2 Å². The Bertz CT molecular complexity index is 1230. The van der Waals surface area contributed by atoms with E-state index in [4.69, 9.17) is 20.9 Å². The Labute approximate surface area is 212 Å². The van der Waals surface area contributed by atoms with Crippen LogP contribution in [0.3, 0.4) is 0 Å². The summed E-state index contributed by atoms with van der Waals surface area (Å²) in [7, 11) is 1.55. The molecule has 3 aromatic rings. The second-order valence-electron chi connectivity index (χ2n) is 8.20. The molecule has 11 heteroatoms. The summed E-state index contributed by atoms with van der Waals surface area (Å²) in [6.07, 6.45) is 1.70. The van der Waals surface area contributed by atoms with Crippen molar-refractivity contribution < 1.29 is 23.9 Å². The second kappa shape index (κ2) is 11.2. The number of ether oxygens (including phenoxy) is 2. The molecule has 1 aliphatic heterocycles. The van der Waals surface area contributed by atoms with Gasteiger partial charge in [0.05, 0.1) is 18.9 Å². The highest BCUT2D eigenvalue weighted by molar-refractivity contribution is 7.09. The summed E-state index contributed by atoms with van der Waals surface area (Å²) in [5, 5.41) is 2.94. The van der Waals surface area contributed by atoms with E-state index in [-0.39, 0.29) is 22.4 Å². The molecule has 0 bridgehead atoms. The quantitative estimate of drug-likeness (QED) is 0.401. The molecule has 0 radical (unpaired) electrons. The lowest BCUT2D eigenvalue weighted by atomic mass is 10.0. The molecule has 3 amide bonds. The van der Waals surface area contributed by atoms with Crippen LogP contribution in [0, 0.1) is 0 Å². The monoisotopic (exact) mass is 509 g/mol. The van der Waals surface area contributed by atoms with Gasteiger partial charge in [-0.2, -0.15) is 4.37 Å². The van der Waals surface area contributed by atoms with Crippen molar-refractivity contribution >= 4 is 40.6 Å². The highest BCUT2D eigenvalue weighted by atomic mass is 32.1. The molecule has 36 heavy (non-hydrogen) atoms. The van der Waals surface area contributed by atoms with E-state index >= 15 is 0 Å². The highest BCUT2D eigenvalue weighted by Gasteiger charge is 2.36. The zero-order chi connectivity index (χ0) is 25.7. The fourth-order valence-electron chi connectivity index (χ4n) is 4.03. The number of aromatic nitrogens is 1. The number of para-hydroxylation sites is 1. The molecule has 4 rings (SSSR count). The lowest BCUT2D eigenvalue weighted by Crippen LogP contribution is -2.45. The van der Waals surface area contributed by atoms with Gasteiger partial charge >= 0.3 is 0 Å². The Balaban J connectivity index is 1.78. The molecule has 1 aromatic heterocycles. The molecule has 2 atom stereocenters. The van der Waals surface area contributed by atoms with Crippen molar-refractivity contribution in [1.82, 2.24) is 9.69 Å². The summed E-state index contributed by atoms with van der Waals surface area (Å²) in [4.78, 5) is 40.7. The first-order valence-corrected chi connectivity index (χ1v) is 12.1. The summed E-state index contributed by atoms with van der Waals surface area (Å²) in [5.74, 6) is -1.22. The number of amides is 3. The van der Waals surface area contributed by atoms with Crippen LogP contribution < -0.4 is 26.4 Å². The predicted molar refractivity (Wildman–Crippen MR) is 136 cm³/mol. The number of nitrogens with two attached hydrogens (primary N) is 2. The number of primary amides is 1. The van der Waals surface area contributed by atoms with Crippen LogP contribution in [0.2, 0.25) is 0 Å². The molecule has 1 aliphatic rings. The number of hydrogen-bond acceptors (Lipinski definition) is 8. The lowest BCUT2D eigenvalue weighted by Gasteiger charge is -2.31. The molecule has 2 aromatic carbocycles. The molecule has 10 nitrogen and oxygen atoms in total. The van der Waals surface area contributed by atoms with Crippen molar-refractivity contribution in [1.29, 1.82) is 0 Å². The van der Waals surface area contributed by atoms with Gasteiger partial charge in [0.25, 0.3) is 11.8 Å². The van der Waals surface area contributed by atoms with Crippen LogP contribution in [-0.4, -0.2) is 48.5 Å². The van der Waals surface area contributed by atoms with Crippen LogP contribution in [-0.2, 0) is 9.53 Å². The first-order chi connectivity index (χ1) is 17.4. The van der Waals surface area contributed by atoms with Gasteiger partial charge in [0.2, 0.25) is 5.91 Å². The van der Waals surface area contributed by atoms with Crippen molar-refractivity contribution in [2.45, 2.75) is 25.0 Å². The lowest BCUT2D eigenvalue weighted by molar-refractivity contribution is -0.123. The number of hydrogen-bond donors (Lipinski definition) is 3. The molecule has 1 fully saturated rings. The van der Waals surface area contributed by atoms with Gasteiger partial charge in [-0.05, 0) is 54.2 Å². The number of carbonyl (C=O) groups is 3. The van der Waals surface area contributed by atoms with Gasteiger partial charge in [0.1, 0.15) is 16.7 Å². The van der Waals surface area contributed by atoms with E-state index in [2.05, 4.69) is 9.69 Å². The zero-order valence-electron chi connectivity index (χ0n) is 19.7. The number of nitrogens with zero attached hydrogens (tertiary/aromatic N) is 2. The number of benzene rings is 2. The van der Waals surface area contributed by atoms with Crippen molar-refractivity contribution in [3.8, 4) is 5.75 Å². The molecule has 2 heterocycles. The summed E-state index contributed by atoms with van der Waals surface area (Å²) < 4.78 is 14.9. The zero-order valence-corrected chi connectivity index (χ0v) is 20.5. The van der Waals surface area contributed by atoms with Gasteiger partial charge in [-0.1, -0.05) is 30.3 Å². The van der Waals surface area contributed by atoms with E-state index in [9.17, 15) is 14.4 Å². The number of anilines is 2. The maximum Gasteiger partial charge on any atom is 0.273 e. The van der Waals surface area contributed by atoms with Gasteiger partial charge in [-0.3, -0.25) is 19.3 Å². The molecule has 188 valence electrons. The SMILES string of the molecule is COc1ccc([C@H](C(=O)NC[C@H]2CCCO2)N(C(=O)c2snc(C(N)=O)c2N)c2ccccc2)cc1. The van der Waals surface area contributed by atoms with Crippen LogP contribution in [0.1, 0.15) is 44.6 Å². The molecule has 0 unspecified atom stereocenters. The van der Waals surface area contributed by atoms with Crippen LogP contribution >= 0.6 is 11.5 Å². The first kappa shape index (κ1) is 25.1. The van der Waals surface area contributed by atoms with Crippen LogP contribution in [0.5, 0.6) is 5.75 Å². The smallest absolute Gasteiger partial charge is 0.273 e.